The summed E-state index contributed by atoms with van der Waals surface area (Å²) in [5.74, 6) is -0.897. The molecule has 0 atom stereocenters. The van der Waals surface area contributed by atoms with E-state index in [2.05, 4.69) is 15.9 Å². The first-order chi connectivity index (χ1) is 8.08. The summed E-state index contributed by atoms with van der Waals surface area (Å²) in [6, 6.07) is 10.7. The maximum atomic E-state index is 13.6. The van der Waals surface area contributed by atoms with Crippen molar-refractivity contribution in [1.29, 1.82) is 0 Å². The second-order valence-electron chi connectivity index (χ2n) is 3.46. The van der Waals surface area contributed by atoms with Gasteiger partial charge in [-0.3, -0.25) is 4.79 Å². The molecule has 0 aliphatic carbocycles. The van der Waals surface area contributed by atoms with E-state index in [1.807, 2.05) is 0 Å². The van der Waals surface area contributed by atoms with Crippen LogP contribution < -0.4 is 0 Å². The zero-order valence-corrected chi connectivity index (χ0v) is 10.9. The highest BCUT2D eigenvalue weighted by Crippen LogP contribution is 2.19. The molecule has 0 N–H and O–H groups in total. The third-order valence-corrected chi connectivity index (χ3v) is 3.03. The van der Waals surface area contributed by atoms with E-state index in [0.29, 0.717) is 15.1 Å². The summed E-state index contributed by atoms with van der Waals surface area (Å²) >= 11 is 8.87. The number of halogens is 3. The van der Waals surface area contributed by atoms with Crippen LogP contribution in [0.4, 0.5) is 4.39 Å². The van der Waals surface area contributed by atoms with Gasteiger partial charge in [0.1, 0.15) is 5.82 Å². The van der Waals surface area contributed by atoms with Gasteiger partial charge in [0, 0.05) is 15.1 Å². The van der Waals surface area contributed by atoms with Crippen LogP contribution in [0.25, 0.3) is 0 Å². The van der Waals surface area contributed by atoms with Gasteiger partial charge in [-0.15, -0.1) is 0 Å². The van der Waals surface area contributed by atoms with Crippen molar-refractivity contribution in [3.05, 3.63) is 68.9 Å². The summed E-state index contributed by atoms with van der Waals surface area (Å²) in [5.41, 5.74) is 0.464. The van der Waals surface area contributed by atoms with E-state index in [4.69, 9.17) is 11.6 Å². The topological polar surface area (TPSA) is 17.1 Å². The first kappa shape index (κ1) is 12.3. The van der Waals surface area contributed by atoms with Crippen molar-refractivity contribution in [2.45, 2.75) is 0 Å². The van der Waals surface area contributed by atoms with Gasteiger partial charge in [-0.05, 0) is 42.5 Å². The quantitative estimate of drug-likeness (QED) is 0.748. The van der Waals surface area contributed by atoms with Gasteiger partial charge in [-0.2, -0.15) is 0 Å². The lowest BCUT2D eigenvalue weighted by Crippen LogP contribution is -2.03. The van der Waals surface area contributed by atoms with E-state index in [-0.39, 0.29) is 11.3 Å². The van der Waals surface area contributed by atoms with Crippen LogP contribution in [0.1, 0.15) is 15.9 Å². The standard InChI is InChI=1S/C13H7BrClFO/c14-9-3-6-11(12(16)7-9)13(17)8-1-4-10(15)5-2-8/h1-7H. The average molecular weight is 314 g/mol. The molecule has 2 aromatic rings. The van der Waals surface area contributed by atoms with Gasteiger partial charge in [-0.25, -0.2) is 4.39 Å². The number of hydrogen-bond acceptors (Lipinski definition) is 1. The molecule has 4 heteroatoms. The molecule has 17 heavy (non-hydrogen) atoms. The lowest BCUT2D eigenvalue weighted by atomic mass is 10.0. The van der Waals surface area contributed by atoms with Crippen LogP contribution in [0.3, 0.4) is 0 Å². The molecule has 0 fully saturated rings. The molecule has 0 aromatic heterocycles. The summed E-state index contributed by atoms with van der Waals surface area (Å²) < 4.78 is 14.2. The first-order valence-electron chi connectivity index (χ1n) is 4.83. The van der Waals surface area contributed by atoms with E-state index >= 15 is 0 Å². The molecule has 0 unspecified atom stereocenters. The van der Waals surface area contributed by atoms with Crippen molar-refractivity contribution in [1.82, 2.24) is 0 Å². The molecule has 0 heterocycles. The normalized spacial score (nSPS) is 10.3. The third kappa shape index (κ3) is 2.73. The molecule has 1 nitrogen and oxygen atoms in total. The maximum absolute atomic E-state index is 13.6. The Morgan fingerprint density at radius 1 is 1.12 bits per heavy atom. The van der Waals surface area contributed by atoms with Crippen molar-refractivity contribution in [2.75, 3.05) is 0 Å². The monoisotopic (exact) mass is 312 g/mol. The van der Waals surface area contributed by atoms with Gasteiger partial charge >= 0.3 is 0 Å². The first-order valence-corrected chi connectivity index (χ1v) is 6.00. The molecule has 86 valence electrons. The summed E-state index contributed by atoms with van der Waals surface area (Å²) in [6.07, 6.45) is 0. The molecule has 0 aliphatic heterocycles. The molecule has 0 spiro atoms. The minimum atomic E-state index is -0.542. The molecular formula is C13H7BrClFO. The van der Waals surface area contributed by atoms with Gasteiger partial charge < -0.3 is 0 Å². The predicted octanol–water partition coefficient (Wildman–Crippen LogP) is 4.47. The van der Waals surface area contributed by atoms with E-state index in [0.717, 1.165) is 0 Å². The highest BCUT2D eigenvalue weighted by atomic mass is 79.9. The van der Waals surface area contributed by atoms with Gasteiger partial charge in [-0.1, -0.05) is 27.5 Å². The summed E-state index contributed by atoms with van der Waals surface area (Å²) in [4.78, 5) is 12.0. The van der Waals surface area contributed by atoms with Crippen LogP contribution in [0.2, 0.25) is 5.02 Å². The summed E-state index contributed by atoms with van der Waals surface area (Å²) in [7, 11) is 0. The minimum absolute atomic E-state index is 0.0514. The van der Waals surface area contributed by atoms with E-state index in [1.165, 1.54) is 12.1 Å². The smallest absolute Gasteiger partial charge is 0.195 e. The SMILES string of the molecule is O=C(c1ccc(Cl)cc1)c1ccc(Br)cc1F. The Hall–Kier alpha value is -1.19. The molecule has 0 bridgehead atoms. The van der Waals surface area contributed by atoms with Crippen molar-refractivity contribution < 1.29 is 9.18 Å². The zero-order chi connectivity index (χ0) is 12.4. The molecular weight excluding hydrogens is 306 g/mol. The van der Waals surface area contributed by atoms with Crippen molar-refractivity contribution in [3.63, 3.8) is 0 Å². The van der Waals surface area contributed by atoms with Crippen LogP contribution >= 0.6 is 27.5 Å². The Morgan fingerprint density at radius 2 is 1.76 bits per heavy atom. The Morgan fingerprint density at radius 3 is 2.35 bits per heavy atom. The fourth-order valence-corrected chi connectivity index (χ4v) is 1.89. The molecule has 0 radical (unpaired) electrons. The van der Waals surface area contributed by atoms with Gasteiger partial charge in [0.25, 0.3) is 0 Å². The Kier molecular flexibility index (Phi) is 3.60. The van der Waals surface area contributed by atoms with Crippen LogP contribution in [-0.4, -0.2) is 5.78 Å². The fraction of sp³-hybridized carbons (Fsp3) is 0. The number of rotatable bonds is 2. The van der Waals surface area contributed by atoms with E-state index in [1.54, 1.807) is 30.3 Å². The van der Waals surface area contributed by atoms with Crippen molar-refractivity contribution >= 4 is 33.3 Å². The van der Waals surface area contributed by atoms with Crippen LogP contribution in [0.5, 0.6) is 0 Å². The number of carbonyl (C=O) groups is 1. The highest BCUT2D eigenvalue weighted by Gasteiger charge is 2.13. The minimum Gasteiger partial charge on any atom is -0.288 e. The van der Waals surface area contributed by atoms with E-state index < -0.39 is 5.82 Å². The van der Waals surface area contributed by atoms with Crippen molar-refractivity contribution in [3.8, 4) is 0 Å². The number of hydrogen-bond donors (Lipinski definition) is 0. The highest BCUT2D eigenvalue weighted by molar-refractivity contribution is 9.10. The summed E-state index contributed by atoms with van der Waals surface area (Å²) in [6.45, 7) is 0. The Labute approximate surface area is 111 Å². The van der Waals surface area contributed by atoms with Gasteiger partial charge in [0.15, 0.2) is 5.78 Å². The number of carbonyl (C=O) groups excluding carboxylic acids is 1. The maximum Gasteiger partial charge on any atom is 0.195 e. The van der Waals surface area contributed by atoms with Crippen LogP contribution in [0.15, 0.2) is 46.9 Å². The molecule has 2 rings (SSSR count). The Balaban J connectivity index is 2.40. The predicted molar refractivity (Wildman–Crippen MR) is 69.0 cm³/mol. The van der Waals surface area contributed by atoms with Gasteiger partial charge in [0.05, 0.1) is 5.56 Å². The number of benzene rings is 2. The molecule has 0 amide bonds. The molecule has 0 saturated heterocycles. The largest absolute Gasteiger partial charge is 0.288 e. The van der Waals surface area contributed by atoms with E-state index in [9.17, 15) is 9.18 Å². The zero-order valence-electron chi connectivity index (χ0n) is 8.58. The average Bonchev–Trinajstić information content (AvgIpc) is 2.29. The third-order valence-electron chi connectivity index (χ3n) is 2.28. The van der Waals surface area contributed by atoms with Crippen LogP contribution in [0, 0.1) is 5.82 Å². The second kappa shape index (κ2) is 4.98. The van der Waals surface area contributed by atoms with Crippen molar-refractivity contribution in [2.24, 2.45) is 0 Å². The second-order valence-corrected chi connectivity index (χ2v) is 4.81. The van der Waals surface area contributed by atoms with Gasteiger partial charge in [0.2, 0.25) is 0 Å². The molecule has 0 aliphatic rings. The molecule has 0 saturated carbocycles. The molecule has 2 aromatic carbocycles. The van der Waals surface area contributed by atoms with Crippen LogP contribution in [-0.2, 0) is 0 Å². The fourth-order valence-electron chi connectivity index (χ4n) is 1.43. The Bertz CT molecular complexity index is 566. The lowest BCUT2D eigenvalue weighted by molar-refractivity contribution is 0.103. The number of ketones is 1. The summed E-state index contributed by atoms with van der Waals surface area (Å²) in [5, 5.41) is 0.540. The lowest BCUT2D eigenvalue weighted by Gasteiger charge is -2.03.